The van der Waals surface area contributed by atoms with Crippen molar-refractivity contribution < 1.29 is 10.2 Å². The van der Waals surface area contributed by atoms with Crippen molar-refractivity contribution in [2.75, 3.05) is 18.6 Å². The van der Waals surface area contributed by atoms with E-state index in [2.05, 4.69) is 11.6 Å². The third kappa shape index (κ3) is 4.77. The normalized spacial score (nSPS) is 10.6. The SMILES string of the molecule is CSCCCCNCc1ccc(O)c(O)c1. The average molecular weight is 241 g/mol. The van der Waals surface area contributed by atoms with Crippen molar-refractivity contribution in [1.29, 1.82) is 0 Å². The summed E-state index contributed by atoms with van der Waals surface area (Å²) in [5.41, 5.74) is 0.986. The van der Waals surface area contributed by atoms with Crippen molar-refractivity contribution in [1.82, 2.24) is 5.32 Å². The highest BCUT2D eigenvalue weighted by molar-refractivity contribution is 7.98. The summed E-state index contributed by atoms with van der Waals surface area (Å²) >= 11 is 1.87. The van der Waals surface area contributed by atoms with E-state index in [-0.39, 0.29) is 11.5 Å². The Morgan fingerprint density at radius 2 is 2.00 bits per heavy atom. The largest absolute Gasteiger partial charge is 0.504 e. The van der Waals surface area contributed by atoms with Gasteiger partial charge in [-0.1, -0.05) is 6.07 Å². The molecule has 0 spiro atoms. The van der Waals surface area contributed by atoms with Gasteiger partial charge in [-0.2, -0.15) is 11.8 Å². The lowest BCUT2D eigenvalue weighted by Gasteiger charge is -2.05. The minimum atomic E-state index is -0.0660. The Bertz CT molecular complexity index is 318. The topological polar surface area (TPSA) is 52.5 Å². The van der Waals surface area contributed by atoms with Crippen LogP contribution in [0, 0.1) is 0 Å². The summed E-state index contributed by atoms with van der Waals surface area (Å²) in [6, 6.07) is 4.91. The molecule has 0 fully saturated rings. The molecule has 0 saturated carbocycles. The average Bonchev–Trinajstić information content (AvgIpc) is 2.28. The molecular formula is C12H19NO2S. The van der Waals surface area contributed by atoms with Crippen LogP contribution in [0.3, 0.4) is 0 Å². The van der Waals surface area contributed by atoms with Gasteiger partial charge < -0.3 is 15.5 Å². The first-order valence-corrected chi connectivity index (χ1v) is 6.84. The molecule has 0 aromatic heterocycles. The maximum atomic E-state index is 9.29. The summed E-state index contributed by atoms with van der Waals surface area (Å²) in [7, 11) is 0. The molecule has 3 N–H and O–H groups in total. The second-order valence-electron chi connectivity index (χ2n) is 3.70. The molecule has 90 valence electrons. The van der Waals surface area contributed by atoms with Crippen LogP contribution in [-0.4, -0.2) is 28.8 Å². The van der Waals surface area contributed by atoms with E-state index in [9.17, 15) is 5.11 Å². The predicted octanol–water partition coefficient (Wildman–Crippen LogP) is 2.33. The summed E-state index contributed by atoms with van der Waals surface area (Å²) in [4.78, 5) is 0. The zero-order chi connectivity index (χ0) is 11.8. The van der Waals surface area contributed by atoms with Crippen molar-refractivity contribution >= 4 is 11.8 Å². The van der Waals surface area contributed by atoms with Gasteiger partial charge in [0.1, 0.15) is 0 Å². The Labute approximate surface area is 101 Å². The highest BCUT2D eigenvalue weighted by Crippen LogP contribution is 2.24. The first-order chi connectivity index (χ1) is 7.74. The molecule has 4 heteroatoms. The smallest absolute Gasteiger partial charge is 0.157 e. The molecule has 0 heterocycles. The van der Waals surface area contributed by atoms with Crippen molar-refractivity contribution in [3.63, 3.8) is 0 Å². The van der Waals surface area contributed by atoms with Gasteiger partial charge in [-0.05, 0) is 49.1 Å². The molecule has 0 atom stereocenters. The summed E-state index contributed by atoms with van der Waals surface area (Å²) in [5, 5.41) is 21.7. The molecule has 0 bridgehead atoms. The monoisotopic (exact) mass is 241 g/mol. The van der Waals surface area contributed by atoms with E-state index in [4.69, 9.17) is 5.11 Å². The Kier molecular flexibility index (Phi) is 6.11. The Morgan fingerprint density at radius 1 is 1.19 bits per heavy atom. The molecule has 0 aliphatic heterocycles. The summed E-state index contributed by atoms with van der Waals surface area (Å²) in [5.74, 6) is 1.09. The third-order valence-electron chi connectivity index (χ3n) is 2.32. The highest BCUT2D eigenvalue weighted by Gasteiger charge is 1.99. The van der Waals surface area contributed by atoms with Gasteiger partial charge in [0.25, 0.3) is 0 Å². The molecule has 0 unspecified atom stereocenters. The molecule has 0 aliphatic rings. The molecule has 16 heavy (non-hydrogen) atoms. The standard InChI is InChI=1S/C12H19NO2S/c1-16-7-3-2-6-13-9-10-4-5-11(14)12(15)8-10/h4-5,8,13-15H,2-3,6-7,9H2,1H3. The molecular weight excluding hydrogens is 222 g/mol. The van der Waals surface area contributed by atoms with Crippen LogP contribution in [0.2, 0.25) is 0 Å². The van der Waals surface area contributed by atoms with Crippen molar-refractivity contribution in [3.8, 4) is 11.5 Å². The van der Waals surface area contributed by atoms with E-state index >= 15 is 0 Å². The van der Waals surface area contributed by atoms with Crippen LogP contribution in [0.25, 0.3) is 0 Å². The second-order valence-corrected chi connectivity index (χ2v) is 4.69. The number of phenolic OH excluding ortho intramolecular Hbond substituents is 2. The number of aromatic hydroxyl groups is 2. The van der Waals surface area contributed by atoms with Gasteiger partial charge in [0.05, 0.1) is 0 Å². The van der Waals surface area contributed by atoms with E-state index in [1.165, 1.54) is 24.7 Å². The quantitative estimate of drug-likeness (QED) is 0.506. The van der Waals surface area contributed by atoms with E-state index in [0.29, 0.717) is 0 Å². The van der Waals surface area contributed by atoms with Crippen LogP contribution in [0.15, 0.2) is 18.2 Å². The van der Waals surface area contributed by atoms with Crippen LogP contribution in [0.1, 0.15) is 18.4 Å². The maximum absolute atomic E-state index is 9.29. The van der Waals surface area contributed by atoms with Gasteiger partial charge in [0.15, 0.2) is 11.5 Å². The van der Waals surface area contributed by atoms with Gasteiger partial charge in [-0.15, -0.1) is 0 Å². The van der Waals surface area contributed by atoms with Crippen LogP contribution < -0.4 is 5.32 Å². The molecule has 3 nitrogen and oxygen atoms in total. The zero-order valence-electron chi connectivity index (χ0n) is 9.57. The van der Waals surface area contributed by atoms with Crippen LogP contribution in [0.4, 0.5) is 0 Å². The first-order valence-electron chi connectivity index (χ1n) is 5.44. The molecule has 0 aliphatic carbocycles. The number of phenols is 2. The summed E-state index contributed by atoms with van der Waals surface area (Å²) in [6.45, 7) is 1.72. The lowest BCUT2D eigenvalue weighted by molar-refractivity contribution is 0.403. The van der Waals surface area contributed by atoms with E-state index in [1.54, 1.807) is 6.07 Å². The highest BCUT2D eigenvalue weighted by atomic mass is 32.2. The fourth-order valence-corrected chi connectivity index (χ4v) is 1.90. The Morgan fingerprint density at radius 3 is 2.69 bits per heavy atom. The first kappa shape index (κ1) is 13.2. The van der Waals surface area contributed by atoms with E-state index < -0.39 is 0 Å². The Balaban J connectivity index is 2.19. The van der Waals surface area contributed by atoms with Gasteiger partial charge in [-0.25, -0.2) is 0 Å². The van der Waals surface area contributed by atoms with Gasteiger partial charge in [-0.3, -0.25) is 0 Å². The van der Waals surface area contributed by atoms with Gasteiger partial charge in [0.2, 0.25) is 0 Å². The number of hydrogen-bond donors (Lipinski definition) is 3. The minimum absolute atomic E-state index is 0.0540. The van der Waals surface area contributed by atoms with Crippen LogP contribution in [-0.2, 0) is 6.54 Å². The zero-order valence-corrected chi connectivity index (χ0v) is 10.4. The van der Waals surface area contributed by atoms with Crippen LogP contribution >= 0.6 is 11.8 Å². The molecule has 0 amide bonds. The minimum Gasteiger partial charge on any atom is -0.504 e. The van der Waals surface area contributed by atoms with Gasteiger partial charge in [0, 0.05) is 6.54 Å². The summed E-state index contributed by atoms with van der Waals surface area (Å²) in [6.07, 6.45) is 4.52. The fraction of sp³-hybridized carbons (Fsp3) is 0.500. The predicted molar refractivity (Wildman–Crippen MR) is 69.1 cm³/mol. The second kappa shape index (κ2) is 7.41. The van der Waals surface area contributed by atoms with Crippen LogP contribution in [0.5, 0.6) is 11.5 Å². The lowest BCUT2D eigenvalue weighted by atomic mass is 10.2. The molecule has 1 rings (SSSR count). The number of rotatable bonds is 7. The molecule has 0 saturated heterocycles. The molecule has 1 aromatic rings. The number of nitrogens with one attached hydrogen (secondary N) is 1. The van der Waals surface area contributed by atoms with E-state index in [1.807, 2.05) is 17.8 Å². The molecule has 0 radical (unpaired) electrons. The number of thioether (sulfide) groups is 1. The van der Waals surface area contributed by atoms with Crippen molar-refractivity contribution in [3.05, 3.63) is 23.8 Å². The fourth-order valence-electron chi connectivity index (χ4n) is 1.41. The van der Waals surface area contributed by atoms with Gasteiger partial charge >= 0.3 is 0 Å². The Hall–Kier alpha value is -0.870. The lowest BCUT2D eigenvalue weighted by Crippen LogP contribution is -2.14. The number of hydrogen-bond acceptors (Lipinski definition) is 4. The number of unbranched alkanes of at least 4 members (excludes halogenated alkanes) is 1. The summed E-state index contributed by atoms with van der Waals surface area (Å²) < 4.78 is 0. The van der Waals surface area contributed by atoms with E-state index in [0.717, 1.165) is 18.7 Å². The van der Waals surface area contributed by atoms with Crippen molar-refractivity contribution in [2.24, 2.45) is 0 Å². The third-order valence-corrected chi connectivity index (χ3v) is 3.02. The van der Waals surface area contributed by atoms with Crippen molar-refractivity contribution in [2.45, 2.75) is 19.4 Å². The number of benzene rings is 1. The maximum Gasteiger partial charge on any atom is 0.157 e. The molecule has 1 aromatic carbocycles.